The van der Waals surface area contributed by atoms with E-state index in [1.54, 1.807) is 0 Å². The van der Waals surface area contributed by atoms with E-state index in [4.69, 9.17) is 0 Å². The zero-order chi connectivity index (χ0) is 22.8. The minimum absolute atomic E-state index is 0.168. The molecule has 0 unspecified atom stereocenters. The molecule has 1 aliphatic carbocycles. The molecule has 2 amide bonds. The summed E-state index contributed by atoms with van der Waals surface area (Å²) in [7, 11) is 0. The van der Waals surface area contributed by atoms with Crippen molar-refractivity contribution in [1.82, 2.24) is 0 Å². The maximum atomic E-state index is 13.8. The summed E-state index contributed by atoms with van der Waals surface area (Å²) < 4.78 is 27.9. The van der Waals surface area contributed by atoms with Crippen molar-refractivity contribution in [3.05, 3.63) is 52.5 Å². The molecule has 5 nitrogen and oxygen atoms in total. The van der Waals surface area contributed by atoms with E-state index in [0.717, 1.165) is 41.1 Å². The van der Waals surface area contributed by atoms with E-state index in [-0.39, 0.29) is 23.9 Å². The molecular weight excluding hydrogens is 480 g/mol. The number of nitrogens with zero attached hydrogens (tertiary/aromatic N) is 1. The molecule has 0 radical (unpaired) electrons. The summed E-state index contributed by atoms with van der Waals surface area (Å²) in [5, 5.41) is 6.50. The standard InChI is InChI=1S/C24H26BrF2N3O2/c1-14-2-5-16(6-3-14)28-20-9-4-15(25)12-21(20)29-24(32)22-10-11-23(31)30(22)17-7-8-18(26)19(27)13-17/h4,7-9,12-14,16,22,28H,2-3,5-6,10-11H2,1H3,(H,29,32)/t14-,16-,22-/m0/s1. The Morgan fingerprint density at radius 1 is 1.00 bits per heavy atom. The van der Waals surface area contributed by atoms with Crippen LogP contribution >= 0.6 is 15.9 Å². The van der Waals surface area contributed by atoms with E-state index >= 15 is 0 Å². The lowest BCUT2D eigenvalue weighted by atomic mass is 9.87. The van der Waals surface area contributed by atoms with Crippen LogP contribution in [0.3, 0.4) is 0 Å². The number of amides is 2. The second kappa shape index (κ2) is 9.57. The van der Waals surface area contributed by atoms with E-state index in [0.29, 0.717) is 18.2 Å². The second-order valence-corrected chi connectivity index (χ2v) is 9.61. The van der Waals surface area contributed by atoms with Gasteiger partial charge in [0.05, 0.1) is 11.4 Å². The van der Waals surface area contributed by atoms with Crippen molar-refractivity contribution in [2.75, 3.05) is 15.5 Å². The molecule has 2 N–H and O–H groups in total. The second-order valence-electron chi connectivity index (χ2n) is 8.70. The van der Waals surface area contributed by atoms with Crippen LogP contribution in [0.1, 0.15) is 45.4 Å². The largest absolute Gasteiger partial charge is 0.381 e. The SMILES string of the molecule is C[C@H]1CC[C@H](Nc2ccc(Br)cc2NC(=O)[C@@H]2CCC(=O)N2c2ccc(F)c(F)c2)CC1. The van der Waals surface area contributed by atoms with Crippen molar-refractivity contribution in [3.8, 4) is 0 Å². The van der Waals surface area contributed by atoms with Gasteiger partial charge in [-0.15, -0.1) is 0 Å². The van der Waals surface area contributed by atoms with Crippen molar-refractivity contribution in [2.24, 2.45) is 5.92 Å². The Labute approximate surface area is 194 Å². The summed E-state index contributed by atoms with van der Waals surface area (Å²) in [4.78, 5) is 26.9. The van der Waals surface area contributed by atoms with Gasteiger partial charge in [-0.25, -0.2) is 8.78 Å². The summed E-state index contributed by atoms with van der Waals surface area (Å²) in [6.07, 6.45) is 4.96. The summed E-state index contributed by atoms with van der Waals surface area (Å²) in [5.41, 5.74) is 1.62. The molecule has 32 heavy (non-hydrogen) atoms. The molecule has 2 aliphatic rings. The van der Waals surface area contributed by atoms with Crippen LogP contribution in [0.4, 0.5) is 25.8 Å². The van der Waals surface area contributed by atoms with Crippen LogP contribution in [-0.4, -0.2) is 23.9 Å². The number of halogens is 3. The normalized spacial score (nSPS) is 23.3. The summed E-state index contributed by atoms with van der Waals surface area (Å²) >= 11 is 3.45. The summed E-state index contributed by atoms with van der Waals surface area (Å²) in [6, 6.07) is 8.44. The zero-order valence-corrected chi connectivity index (χ0v) is 19.4. The third-order valence-corrected chi connectivity index (χ3v) is 6.80. The van der Waals surface area contributed by atoms with Gasteiger partial charge in [-0.1, -0.05) is 22.9 Å². The van der Waals surface area contributed by atoms with Gasteiger partial charge in [0.1, 0.15) is 6.04 Å². The van der Waals surface area contributed by atoms with Gasteiger partial charge in [-0.3, -0.25) is 14.5 Å². The first-order valence-corrected chi connectivity index (χ1v) is 11.7. The molecule has 0 bridgehead atoms. The fraction of sp³-hybridized carbons (Fsp3) is 0.417. The van der Waals surface area contributed by atoms with Crippen LogP contribution in [0, 0.1) is 17.6 Å². The van der Waals surface area contributed by atoms with Crippen molar-refractivity contribution < 1.29 is 18.4 Å². The average Bonchev–Trinajstić information content (AvgIpc) is 3.15. The Balaban J connectivity index is 1.53. The Hall–Kier alpha value is -2.48. The minimum atomic E-state index is -1.05. The van der Waals surface area contributed by atoms with Crippen molar-refractivity contribution in [1.29, 1.82) is 0 Å². The molecule has 0 aromatic heterocycles. The maximum absolute atomic E-state index is 13.8. The van der Waals surface area contributed by atoms with E-state index in [2.05, 4.69) is 33.5 Å². The Bertz CT molecular complexity index is 1020. The molecule has 1 saturated carbocycles. The fourth-order valence-corrected chi connectivity index (χ4v) is 4.84. The van der Waals surface area contributed by atoms with Gasteiger partial charge in [-0.2, -0.15) is 0 Å². The molecule has 4 rings (SSSR count). The number of rotatable bonds is 5. The molecule has 1 atom stereocenters. The van der Waals surface area contributed by atoms with Crippen LogP contribution in [0.15, 0.2) is 40.9 Å². The first kappa shape index (κ1) is 22.7. The Kier molecular flexibility index (Phi) is 6.79. The monoisotopic (exact) mass is 505 g/mol. The highest BCUT2D eigenvalue weighted by Crippen LogP contribution is 2.33. The fourth-order valence-electron chi connectivity index (χ4n) is 4.48. The molecule has 1 aliphatic heterocycles. The molecule has 1 saturated heterocycles. The molecule has 170 valence electrons. The number of hydrogen-bond acceptors (Lipinski definition) is 3. The topological polar surface area (TPSA) is 61.4 Å². The number of hydrogen-bond donors (Lipinski definition) is 2. The molecular formula is C24H26BrF2N3O2. The lowest BCUT2D eigenvalue weighted by Gasteiger charge is -2.29. The van der Waals surface area contributed by atoms with Crippen LogP contribution in [0.5, 0.6) is 0 Å². The lowest BCUT2D eigenvalue weighted by molar-refractivity contribution is -0.120. The smallest absolute Gasteiger partial charge is 0.247 e. The highest BCUT2D eigenvalue weighted by atomic mass is 79.9. The number of carbonyl (C=O) groups is 2. The van der Waals surface area contributed by atoms with Crippen LogP contribution in [0.2, 0.25) is 0 Å². The number of carbonyl (C=O) groups excluding carboxylic acids is 2. The predicted molar refractivity (Wildman–Crippen MR) is 125 cm³/mol. The third-order valence-electron chi connectivity index (χ3n) is 6.31. The van der Waals surface area contributed by atoms with Crippen molar-refractivity contribution >= 4 is 44.8 Å². The van der Waals surface area contributed by atoms with Gasteiger partial charge in [0.25, 0.3) is 0 Å². The van der Waals surface area contributed by atoms with Crippen LogP contribution < -0.4 is 15.5 Å². The quantitative estimate of drug-likeness (QED) is 0.535. The van der Waals surface area contributed by atoms with E-state index in [1.807, 2.05) is 18.2 Å². The van der Waals surface area contributed by atoms with Crippen LogP contribution in [-0.2, 0) is 9.59 Å². The number of nitrogens with one attached hydrogen (secondary N) is 2. The highest BCUT2D eigenvalue weighted by Gasteiger charge is 2.37. The first-order valence-electron chi connectivity index (χ1n) is 11.0. The van der Waals surface area contributed by atoms with Crippen LogP contribution in [0.25, 0.3) is 0 Å². The number of benzene rings is 2. The molecule has 1 heterocycles. The lowest BCUT2D eigenvalue weighted by Crippen LogP contribution is -2.42. The Morgan fingerprint density at radius 2 is 1.75 bits per heavy atom. The summed E-state index contributed by atoms with van der Waals surface area (Å²) in [6.45, 7) is 2.27. The highest BCUT2D eigenvalue weighted by molar-refractivity contribution is 9.10. The van der Waals surface area contributed by atoms with Gasteiger partial charge in [0.2, 0.25) is 11.8 Å². The Morgan fingerprint density at radius 3 is 2.47 bits per heavy atom. The van der Waals surface area contributed by atoms with Gasteiger partial charge in [0, 0.05) is 28.7 Å². The molecule has 2 fully saturated rings. The predicted octanol–water partition coefficient (Wildman–Crippen LogP) is 5.85. The minimum Gasteiger partial charge on any atom is -0.381 e. The molecule has 2 aromatic rings. The maximum Gasteiger partial charge on any atom is 0.247 e. The van der Waals surface area contributed by atoms with Crippen molar-refractivity contribution in [3.63, 3.8) is 0 Å². The van der Waals surface area contributed by atoms with Gasteiger partial charge in [-0.05, 0) is 68.4 Å². The third kappa shape index (κ3) is 4.95. The molecule has 8 heteroatoms. The van der Waals surface area contributed by atoms with Gasteiger partial charge >= 0.3 is 0 Å². The van der Waals surface area contributed by atoms with Gasteiger partial charge in [0.15, 0.2) is 11.6 Å². The van der Waals surface area contributed by atoms with E-state index in [9.17, 15) is 18.4 Å². The average molecular weight is 506 g/mol. The molecule has 0 spiro atoms. The summed E-state index contributed by atoms with van der Waals surface area (Å²) in [5.74, 6) is -1.97. The van der Waals surface area contributed by atoms with E-state index < -0.39 is 17.7 Å². The van der Waals surface area contributed by atoms with Gasteiger partial charge < -0.3 is 10.6 Å². The van der Waals surface area contributed by atoms with Crippen molar-refractivity contribution in [2.45, 2.75) is 57.5 Å². The first-order chi connectivity index (χ1) is 15.3. The zero-order valence-electron chi connectivity index (χ0n) is 17.8. The molecule has 2 aromatic carbocycles. The van der Waals surface area contributed by atoms with E-state index in [1.165, 1.54) is 23.8 Å². The number of anilines is 3.